The number of para-hydroxylation sites is 1. The molecule has 138 valence electrons. The van der Waals surface area contributed by atoms with E-state index in [0.29, 0.717) is 17.1 Å². The Bertz CT molecular complexity index is 967. The lowest BCUT2D eigenvalue weighted by molar-refractivity contribution is -0.123. The normalized spacial score (nSPS) is 11.6. The molecule has 0 aliphatic carbocycles. The number of benzene rings is 3. The molecule has 1 atom stereocenters. The van der Waals surface area contributed by atoms with Gasteiger partial charge in [-0.25, -0.2) is 0 Å². The van der Waals surface area contributed by atoms with Crippen molar-refractivity contribution in [3.05, 3.63) is 71.8 Å². The van der Waals surface area contributed by atoms with Gasteiger partial charge < -0.3 is 14.8 Å². The van der Waals surface area contributed by atoms with Crippen molar-refractivity contribution in [1.82, 2.24) is 5.32 Å². The molecule has 5 nitrogen and oxygen atoms in total. The molecule has 0 fully saturated rings. The lowest BCUT2D eigenvalue weighted by Gasteiger charge is -2.17. The largest absolute Gasteiger partial charge is 0.496 e. The Balaban J connectivity index is 1.69. The van der Waals surface area contributed by atoms with Crippen molar-refractivity contribution >= 4 is 23.0 Å². The summed E-state index contributed by atoms with van der Waals surface area (Å²) < 4.78 is 10.9. The highest BCUT2D eigenvalue weighted by atomic mass is 16.5. The molecule has 0 aliphatic heterocycles. The molecule has 1 N–H and O–H groups in total. The number of ether oxygens (including phenoxy) is 2. The van der Waals surface area contributed by atoms with Crippen molar-refractivity contribution in [1.29, 1.82) is 0 Å². The number of aldehydes is 1. The first-order valence-electron chi connectivity index (χ1n) is 8.66. The van der Waals surface area contributed by atoms with Crippen LogP contribution >= 0.6 is 0 Å². The quantitative estimate of drug-likeness (QED) is 0.646. The van der Waals surface area contributed by atoms with Gasteiger partial charge in [0.2, 0.25) is 0 Å². The first-order valence-corrected chi connectivity index (χ1v) is 8.66. The van der Waals surface area contributed by atoms with Crippen LogP contribution in [-0.2, 0) is 4.79 Å². The van der Waals surface area contributed by atoms with Gasteiger partial charge in [0, 0.05) is 5.56 Å². The molecule has 3 aromatic rings. The third-order valence-electron chi connectivity index (χ3n) is 4.39. The number of amides is 1. The summed E-state index contributed by atoms with van der Waals surface area (Å²) in [5.41, 5.74) is 1.33. The van der Waals surface area contributed by atoms with Gasteiger partial charge in [0.25, 0.3) is 5.91 Å². The first-order chi connectivity index (χ1) is 13.1. The zero-order chi connectivity index (χ0) is 19.2. The summed E-state index contributed by atoms with van der Waals surface area (Å²) in [6.07, 6.45) is 0.757. The molecule has 0 aromatic heterocycles. The maximum Gasteiger partial charge on any atom is 0.258 e. The van der Waals surface area contributed by atoms with Crippen LogP contribution in [0.1, 0.15) is 28.9 Å². The third kappa shape index (κ3) is 4.08. The molecule has 0 spiro atoms. The van der Waals surface area contributed by atoms with Crippen LogP contribution < -0.4 is 14.8 Å². The Morgan fingerprint density at radius 1 is 1.04 bits per heavy atom. The van der Waals surface area contributed by atoms with Crippen molar-refractivity contribution < 1.29 is 19.1 Å². The lowest BCUT2D eigenvalue weighted by Crippen LogP contribution is -2.31. The highest BCUT2D eigenvalue weighted by Crippen LogP contribution is 2.27. The predicted molar refractivity (Wildman–Crippen MR) is 104 cm³/mol. The Morgan fingerprint density at radius 2 is 1.78 bits per heavy atom. The van der Waals surface area contributed by atoms with E-state index in [4.69, 9.17) is 9.47 Å². The molecular weight excluding hydrogens is 342 g/mol. The number of hydrogen-bond acceptors (Lipinski definition) is 4. The molecule has 0 bridgehead atoms. The summed E-state index contributed by atoms with van der Waals surface area (Å²) >= 11 is 0. The Morgan fingerprint density at radius 3 is 2.56 bits per heavy atom. The van der Waals surface area contributed by atoms with Crippen LogP contribution in [0.4, 0.5) is 0 Å². The van der Waals surface area contributed by atoms with Gasteiger partial charge in [0.05, 0.1) is 18.7 Å². The number of carbonyl (C=O) groups is 2. The second-order valence-electron chi connectivity index (χ2n) is 6.14. The summed E-state index contributed by atoms with van der Waals surface area (Å²) in [6.45, 7) is 1.70. The standard InChI is InChI=1S/C22H21NO4/c1-15(17-8-5-6-10-20(17)26-2)23-22(25)14-27-21-12-11-16-7-3-4-9-18(16)19(21)13-24/h3-13,15H,14H2,1-2H3,(H,23,25). The highest BCUT2D eigenvalue weighted by Gasteiger charge is 2.15. The van der Waals surface area contributed by atoms with Crippen LogP contribution in [0.2, 0.25) is 0 Å². The van der Waals surface area contributed by atoms with E-state index in [1.807, 2.05) is 61.5 Å². The number of carbonyl (C=O) groups excluding carboxylic acids is 2. The fourth-order valence-electron chi connectivity index (χ4n) is 3.05. The van der Waals surface area contributed by atoms with Crippen LogP contribution in [0.25, 0.3) is 10.8 Å². The molecule has 0 saturated carbocycles. The minimum absolute atomic E-state index is 0.182. The fraction of sp³-hybridized carbons (Fsp3) is 0.182. The maximum absolute atomic E-state index is 12.3. The van der Waals surface area contributed by atoms with Gasteiger partial charge in [0.15, 0.2) is 12.9 Å². The number of rotatable bonds is 7. The van der Waals surface area contributed by atoms with Gasteiger partial charge in [-0.05, 0) is 29.8 Å². The average Bonchev–Trinajstić information content (AvgIpc) is 2.71. The highest BCUT2D eigenvalue weighted by molar-refractivity contribution is 6.00. The molecule has 0 heterocycles. The van der Waals surface area contributed by atoms with Crippen LogP contribution in [-0.4, -0.2) is 25.9 Å². The lowest BCUT2D eigenvalue weighted by atomic mass is 10.0. The number of nitrogens with one attached hydrogen (secondary N) is 1. The zero-order valence-corrected chi connectivity index (χ0v) is 15.3. The van der Waals surface area contributed by atoms with E-state index in [1.54, 1.807) is 13.2 Å². The zero-order valence-electron chi connectivity index (χ0n) is 15.3. The van der Waals surface area contributed by atoms with Crippen molar-refractivity contribution in [3.63, 3.8) is 0 Å². The molecule has 1 unspecified atom stereocenters. The minimum atomic E-state index is -0.279. The van der Waals surface area contributed by atoms with Crippen LogP contribution in [0.5, 0.6) is 11.5 Å². The average molecular weight is 363 g/mol. The first kappa shape index (κ1) is 18.5. The van der Waals surface area contributed by atoms with Gasteiger partial charge in [0.1, 0.15) is 11.5 Å². The molecular formula is C22H21NO4. The minimum Gasteiger partial charge on any atom is -0.496 e. The monoisotopic (exact) mass is 363 g/mol. The molecule has 5 heteroatoms. The van der Waals surface area contributed by atoms with Crippen molar-refractivity contribution in [2.24, 2.45) is 0 Å². The smallest absolute Gasteiger partial charge is 0.258 e. The second-order valence-corrected chi connectivity index (χ2v) is 6.14. The molecule has 0 radical (unpaired) electrons. The van der Waals surface area contributed by atoms with Gasteiger partial charge >= 0.3 is 0 Å². The van der Waals surface area contributed by atoms with Gasteiger partial charge in [-0.2, -0.15) is 0 Å². The third-order valence-corrected chi connectivity index (χ3v) is 4.39. The summed E-state index contributed by atoms with van der Waals surface area (Å²) in [5.74, 6) is 0.825. The Labute approximate surface area is 157 Å². The topological polar surface area (TPSA) is 64.6 Å². The second kappa shape index (κ2) is 8.36. The fourth-order valence-corrected chi connectivity index (χ4v) is 3.05. The summed E-state index contributed by atoms with van der Waals surface area (Å²) in [6, 6.07) is 18.4. The number of methoxy groups -OCH3 is 1. The van der Waals surface area contributed by atoms with Gasteiger partial charge in [-0.1, -0.05) is 48.5 Å². The molecule has 3 aromatic carbocycles. The Hall–Kier alpha value is -3.34. The van der Waals surface area contributed by atoms with Crippen molar-refractivity contribution in [2.75, 3.05) is 13.7 Å². The molecule has 27 heavy (non-hydrogen) atoms. The van der Waals surface area contributed by atoms with E-state index in [0.717, 1.165) is 22.6 Å². The van der Waals surface area contributed by atoms with Crippen LogP contribution in [0.3, 0.4) is 0 Å². The van der Waals surface area contributed by atoms with Gasteiger partial charge in [-0.15, -0.1) is 0 Å². The van der Waals surface area contributed by atoms with E-state index in [9.17, 15) is 9.59 Å². The SMILES string of the molecule is COc1ccccc1C(C)NC(=O)COc1ccc2ccccc2c1C=O. The van der Waals surface area contributed by atoms with Gasteiger partial charge in [-0.3, -0.25) is 9.59 Å². The maximum atomic E-state index is 12.3. The summed E-state index contributed by atoms with van der Waals surface area (Å²) in [5, 5.41) is 4.63. The van der Waals surface area contributed by atoms with E-state index in [-0.39, 0.29) is 18.6 Å². The molecule has 1 amide bonds. The summed E-state index contributed by atoms with van der Waals surface area (Å²) in [4.78, 5) is 23.8. The predicted octanol–water partition coefficient (Wildman–Crippen LogP) is 3.92. The van der Waals surface area contributed by atoms with E-state index < -0.39 is 0 Å². The van der Waals surface area contributed by atoms with Crippen molar-refractivity contribution in [2.45, 2.75) is 13.0 Å². The number of fused-ring (bicyclic) bond motifs is 1. The Kier molecular flexibility index (Phi) is 5.71. The van der Waals surface area contributed by atoms with Crippen LogP contribution in [0, 0.1) is 0 Å². The molecule has 0 saturated heterocycles. The van der Waals surface area contributed by atoms with E-state index in [2.05, 4.69) is 5.32 Å². The number of hydrogen-bond donors (Lipinski definition) is 1. The van der Waals surface area contributed by atoms with E-state index in [1.165, 1.54) is 0 Å². The van der Waals surface area contributed by atoms with Crippen LogP contribution in [0.15, 0.2) is 60.7 Å². The molecule has 3 rings (SSSR count). The summed E-state index contributed by atoms with van der Waals surface area (Å²) in [7, 11) is 1.59. The van der Waals surface area contributed by atoms with Crippen molar-refractivity contribution in [3.8, 4) is 11.5 Å². The molecule has 0 aliphatic rings. The van der Waals surface area contributed by atoms with E-state index >= 15 is 0 Å².